The molecule has 1 fully saturated rings. The van der Waals surface area contributed by atoms with Gasteiger partial charge in [0.15, 0.2) is 0 Å². The number of likely N-dealkylation sites (tertiary alicyclic amines) is 1. The van der Waals surface area contributed by atoms with Crippen LogP contribution in [0.3, 0.4) is 0 Å². The topological polar surface area (TPSA) is 20.3 Å². The van der Waals surface area contributed by atoms with Crippen molar-refractivity contribution < 1.29 is 4.79 Å². The summed E-state index contributed by atoms with van der Waals surface area (Å²) in [6, 6.07) is 0. The van der Waals surface area contributed by atoms with Crippen molar-refractivity contribution >= 4 is 5.78 Å². The molecule has 0 aromatic rings. The quantitative estimate of drug-likeness (QED) is 0.688. The largest absolute Gasteiger partial charge is 0.372 e. The predicted molar refractivity (Wildman–Crippen MR) is 61.1 cm³/mol. The Balaban J connectivity index is 1.90. The molecular weight excluding hydrogens is 186 g/mol. The molecule has 15 heavy (non-hydrogen) atoms. The summed E-state index contributed by atoms with van der Waals surface area (Å²) in [7, 11) is 0. The lowest BCUT2D eigenvalue weighted by molar-refractivity contribution is -0.121. The molecule has 0 unspecified atom stereocenters. The highest BCUT2D eigenvalue weighted by molar-refractivity contribution is 5.78. The molecule has 81 valence electrons. The molecule has 1 aliphatic carbocycles. The first-order chi connectivity index (χ1) is 7.27. The van der Waals surface area contributed by atoms with E-state index in [4.69, 9.17) is 0 Å². The van der Waals surface area contributed by atoms with Gasteiger partial charge in [0.05, 0.1) is 0 Å². The highest BCUT2D eigenvalue weighted by Gasteiger charge is 2.22. The van der Waals surface area contributed by atoms with Crippen molar-refractivity contribution in [3.8, 4) is 0 Å². The number of rotatable bonds is 2. The Kier molecular flexibility index (Phi) is 3.24. The van der Waals surface area contributed by atoms with Crippen LogP contribution in [0.2, 0.25) is 0 Å². The summed E-state index contributed by atoms with van der Waals surface area (Å²) < 4.78 is 0. The van der Waals surface area contributed by atoms with Gasteiger partial charge in [0, 0.05) is 24.7 Å². The molecule has 2 nitrogen and oxygen atoms in total. The molecule has 0 aromatic carbocycles. The summed E-state index contributed by atoms with van der Waals surface area (Å²) in [4.78, 5) is 13.6. The van der Waals surface area contributed by atoms with Crippen LogP contribution in [0, 0.1) is 12.3 Å². The number of allylic oxidation sites excluding steroid dienone is 3. The van der Waals surface area contributed by atoms with E-state index in [1.165, 1.54) is 5.70 Å². The van der Waals surface area contributed by atoms with Crippen molar-refractivity contribution in [3.63, 3.8) is 0 Å². The van der Waals surface area contributed by atoms with E-state index >= 15 is 0 Å². The maximum absolute atomic E-state index is 11.2. The second kappa shape index (κ2) is 4.65. The lowest BCUT2D eigenvalue weighted by Crippen LogP contribution is -2.35. The van der Waals surface area contributed by atoms with Gasteiger partial charge in [-0.1, -0.05) is 12.2 Å². The van der Waals surface area contributed by atoms with Crippen LogP contribution in [-0.4, -0.2) is 23.8 Å². The Morgan fingerprint density at radius 1 is 1.40 bits per heavy atom. The Bertz CT molecular complexity index is 296. The molecule has 1 radical (unpaired) electrons. The first kappa shape index (κ1) is 10.5. The fourth-order valence-electron chi connectivity index (χ4n) is 2.28. The van der Waals surface area contributed by atoms with Crippen LogP contribution >= 0.6 is 0 Å². The second-order valence-corrected chi connectivity index (χ2v) is 4.33. The van der Waals surface area contributed by atoms with Crippen molar-refractivity contribution in [2.24, 2.45) is 5.92 Å². The first-order valence-corrected chi connectivity index (χ1v) is 5.73. The molecule has 0 bridgehead atoms. The first-order valence-electron chi connectivity index (χ1n) is 5.73. The number of hydrogen-bond donors (Lipinski definition) is 0. The van der Waals surface area contributed by atoms with Crippen molar-refractivity contribution in [1.29, 1.82) is 0 Å². The summed E-state index contributed by atoms with van der Waals surface area (Å²) in [6.07, 6.45) is 11.8. The molecular formula is C13H18NO. The van der Waals surface area contributed by atoms with Gasteiger partial charge in [-0.05, 0) is 38.7 Å². The summed E-state index contributed by atoms with van der Waals surface area (Å²) in [6.45, 7) is 3.77. The molecule has 1 saturated heterocycles. The summed E-state index contributed by atoms with van der Waals surface area (Å²) in [5, 5.41) is 0. The van der Waals surface area contributed by atoms with E-state index in [1.807, 2.05) is 0 Å². The van der Waals surface area contributed by atoms with Crippen LogP contribution in [0.5, 0.6) is 0 Å². The Hall–Kier alpha value is -1.05. The number of nitrogens with zero attached hydrogens (tertiary/aromatic N) is 1. The second-order valence-electron chi connectivity index (χ2n) is 4.33. The predicted octanol–water partition coefficient (Wildman–Crippen LogP) is 2.34. The van der Waals surface area contributed by atoms with Crippen molar-refractivity contribution in [3.05, 3.63) is 30.3 Å². The average molecular weight is 204 g/mol. The van der Waals surface area contributed by atoms with E-state index < -0.39 is 0 Å². The van der Waals surface area contributed by atoms with Gasteiger partial charge in [-0.2, -0.15) is 0 Å². The Morgan fingerprint density at radius 2 is 2.13 bits per heavy atom. The fraction of sp³-hybridized carbons (Fsp3) is 0.538. The molecule has 0 amide bonds. The van der Waals surface area contributed by atoms with Gasteiger partial charge in [-0.15, -0.1) is 0 Å². The van der Waals surface area contributed by atoms with Crippen LogP contribution < -0.4 is 0 Å². The van der Waals surface area contributed by atoms with Gasteiger partial charge < -0.3 is 4.90 Å². The van der Waals surface area contributed by atoms with Crippen LogP contribution in [0.15, 0.2) is 23.9 Å². The van der Waals surface area contributed by atoms with Gasteiger partial charge >= 0.3 is 0 Å². The zero-order valence-corrected chi connectivity index (χ0v) is 9.28. The van der Waals surface area contributed by atoms with E-state index in [0.717, 1.165) is 32.4 Å². The van der Waals surface area contributed by atoms with Gasteiger partial charge in [0.1, 0.15) is 5.78 Å². The van der Waals surface area contributed by atoms with Gasteiger partial charge in [0.2, 0.25) is 0 Å². The minimum Gasteiger partial charge on any atom is -0.372 e. The van der Waals surface area contributed by atoms with E-state index in [2.05, 4.69) is 29.5 Å². The normalized spacial score (nSPS) is 22.7. The zero-order chi connectivity index (χ0) is 10.7. The molecule has 2 aliphatic rings. The number of Topliss-reactive ketones (excluding diaryl/α,β-unsaturated/α-hetero) is 1. The highest BCUT2D eigenvalue weighted by atomic mass is 16.1. The molecule has 0 spiro atoms. The molecule has 0 atom stereocenters. The summed E-state index contributed by atoms with van der Waals surface area (Å²) in [5.74, 6) is 0.664. The maximum atomic E-state index is 11.2. The van der Waals surface area contributed by atoms with Crippen LogP contribution in [-0.2, 0) is 4.79 Å². The number of carbonyl (C=O) groups excluding carboxylic acids is 1. The van der Waals surface area contributed by atoms with Gasteiger partial charge in [0.25, 0.3) is 0 Å². The highest BCUT2D eigenvalue weighted by Crippen LogP contribution is 2.23. The number of carbonyl (C=O) groups is 1. The zero-order valence-electron chi connectivity index (χ0n) is 9.28. The van der Waals surface area contributed by atoms with E-state index in [9.17, 15) is 4.79 Å². The fourth-order valence-corrected chi connectivity index (χ4v) is 2.28. The van der Waals surface area contributed by atoms with Crippen LogP contribution in [0.4, 0.5) is 0 Å². The number of hydrogen-bond acceptors (Lipinski definition) is 2. The third kappa shape index (κ3) is 2.49. The average Bonchev–Trinajstić information content (AvgIpc) is 2.30. The van der Waals surface area contributed by atoms with E-state index in [-0.39, 0.29) is 0 Å². The van der Waals surface area contributed by atoms with Crippen molar-refractivity contribution in [2.75, 3.05) is 13.1 Å². The Labute approximate surface area is 91.6 Å². The third-order valence-corrected chi connectivity index (χ3v) is 3.30. The summed E-state index contributed by atoms with van der Waals surface area (Å²) in [5.41, 5.74) is 1.33. The molecule has 0 saturated carbocycles. The molecule has 2 rings (SSSR count). The number of piperidine rings is 1. The van der Waals surface area contributed by atoms with Crippen molar-refractivity contribution in [2.45, 2.75) is 26.2 Å². The minimum atomic E-state index is 0.306. The monoisotopic (exact) mass is 204 g/mol. The molecule has 1 heterocycles. The van der Waals surface area contributed by atoms with Gasteiger partial charge in [-0.3, -0.25) is 4.79 Å². The Morgan fingerprint density at radius 3 is 2.67 bits per heavy atom. The lowest BCUT2D eigenvalue weighted by atomic mass is 9.93. The van der Waals surface area contributed by atoms with Crippen LogP contribution in [0.25, 0.3) is 0 Å². The molecule has 1 aliphatic heterocycles. The van der Waals surface area contributed by atoms with Crippen LogP contribution in [0.1, 0.15) is 26.2 Å². The minimum absolute atomic E-state index is 0.306. The standard InChI is InChI=1S/C13H18NO/c1-11(15)12-7-9-14(10-8-12)13-5-3-2-4-6-13/h2-3,5-6,12H,4,7-10H2,1H3. The van der Waals surface area contributed by atoms with E-state index in [0.29, 0.717) is 11.7 Å². The molecule has 2 heteroatoms. The SMILES string of the molecule is CC(=O)C1CCN(C2=CC[CH]C=C2)CC1. The smallest absolute Gasteiger partial charge is 0.133 e. The molecule has 0 aromatic heterocycles. The third-order valence-electron chi connectivity index (χ3n) is 3.30. The number of ketones is 1. The van der Waals surface area contributed by atoms with Gasteiger partial charge in [-0.25, -0.2) is 0 Å². The van der Waals surface area contributed by atoms with E-state index in [1.54, 1.807) is 6.92 Å². The molecule has 0 N–H and O–H groups in total. The maximum Gasteiger partial charge on any atom is 0.133 e. The lowest BCUT2D eigenvalue weighted by Gasteiger charge is -2.34. The van der Waals surface area contributed by atoms with Crippen molar-refractivity contribution in [1.82, 2.24) is 4.90 Å². The summed E-state index contributed by atoms with van der Waals surface area (Å²) >= 11 is 0.